The maximum absolute atomic E-state index is 11.7. The van der Waals surface area contributed by atoms with Crippen molar-refractivity contribution in [1.82, 2.24) is 10.2 Å². The lowest BCUT2D eigenvalue weighted by atomic mass is 10.1. The summed E-state index contributed by atoms with van der Waals surface area (Å²) in [7, 11) is 0. The molecule has 3 N–H and O–H groups in total. The lowest BCUT2D eigenvalue weighted by Crippen LogP contribution is -2.33. The van der Waals surface area contributed by atoms with Gasteiger partial charge >= 0.3 is 6.09 Å². The monoisotopic (exact) mass is 299 g/mol. The molecule has 6 nitrogen and oxygen atoms in total. The molecular weight excluding hydrogens is 270 g/mol. The van der Waals surface area contributed by atoms with Gasteiger partial charge in [0.15, 0.2) is 0 Å². The smallest absolute Gasteiger partial charge is 0.407 e. The van der Waals surface area contributed by atoms with Crippen molar-refractivity contribution in [2.45, 2.75) is 52.1 Å². The highest BCUT2D eigenvalue weighted by molar-refractivity contribution is 5.78. The van der Waals surface area contributed by atoms with E-state index in [1.807, 2.05) is 25.7 Å². The van der Waals surface area contributed by atoms with E-state index in [1.54, 1.807) is 0 Å². The second kappa shape index (κ2) is 8.22. The Morgan fingerprint density at radius 3 is 2.67 bits per heavy atom. The highest BCUT2D eigenvalue weighted by Crippen LogP contribution is 2.17. The van der Waals surface area contributed by atoms with Crippen molar-refractivity contribution < 1.29 is 14.3 Å². The van der Waals surface area contributed by atoms with Crippen LogP contribution in [0.5, 0.6) is 0 Å². The molecule has 0 aromatic heterocycles. The van der Waals surface area contributed by atoms with Gasteiger partial charge in [-0.2, -0.15) is 0 Å². The van der Waals surface area contributed by atoms with Crippen LogP contribution in [0.25, 0.3) is 0 Å². The minimum atomic E-state index is -0.459. The van der Waals surface area contributed by atoms with Crippen LogP contribution in [-0.4, -0.2) is 48.7 Å². The van der Waals surface area contributed by atoms with Gasteiger partial charge in [0.05, 0.1) is 0 Å². The lowest BCUT2D eigenvalue weighted by Gasteiger charge is -2.19. The summed E-state index contributed by atoms with van der Waals surface area (Å²) in [6.45, 7) is 8.31. The number of nitrogens with one attached hydrogen (secondary N) is 1. The minimum absolute atomic E-state index is 0.220. The molecule has 122 valence electrons. The van der Waals surface area contributed by atoms with E-state index >= 15 is 0 Å². The Labute approximate surface area is 127 Å². The van der Waals surface area contributed by atoms with Crippen LogP contribution in [0.1, 0.15) is 46.5 Å². The SMILES string of the molecule is CC(C)(C)OC(=O)NCCCCCN1CC(CN)CC1=O. The summed E-state index contributed by atoms with van der Waals surface area (Å²) in [6, 6.07) is 0. The Morgan fingerprint density at radius 1 is 1.38 bits per heavy atom. The largest absolute Gasteiger partial charge is 0.444 e. The van der Waals surface area contributed by atoms with Crippen LogP contribution in [0.15, 0.2) is 0 Å². The number of amides is 2. The molecule has 21 heavy (non-hydrogen) atoms. The van der Waals surface area contributed by atoms with Gasteiger partial charge in [0, 0.05) is 26.1 Å². The number of likely N-dealkylation sites (tertiary alicyclic amines) is 1. The zero-order valence-electron chi connectivity index (χ0n) is 13.5. The fourth-order valence-electron chi connectivity index (χ4n) is 2.34. The van der Waals surface area contributed by atoms with Crippen LogP contribution in [0.3, 0.4) is 0 Å². The summed E-state index contributed by atoms with van der Waals surface area (Å²) in [4.78, 5) is 25.0. The Bertz CT molecular complexity index is 353. The first kappa shape index (κ1) is 17.8. The van der Waals surface area contributed by atoms with Crippen LogP contribution in [0.2, 0.25) is 0 Å². The Morgan fingerprint density at radius 2 is 2.10 bits per heavy atom. The van der Waals surface area contributed by atoms with Gasteiger partial charge in [-0.05, 0) is 52.5 Å². The third-order valence-corrected chi connectivity index (χ3v) is 3.40. The van der Waals surface area contributed by atoms with Gasteiger partial charge in [-0.1, -0.05) is 0 Å². The molecular formula is C15H29N3O3. The molecule has 1 heterocycles. The number of alkyl carbamates (subject to hydrolysis) is 1. The average molecular weight is 299 g/mol. The maximum atomic E-state index is 11.7. The fraction of sp³-hybridized carbons (Fsp3) is 0.867. The quantitative estimate of drug-likeness (QED) is 0.698. The molecule has 1 fully saturated rings. The van der Waals surface area contributed by atoms with Crippen LogP contribution in [0.4, 0.5) is 4.79 Å². The maximum Gasteiger partial charge on any atom is 0.407 e. The van der Waals surface area contributed by atoms with Crippen molar-refractivity contribution in [1.29, 1.82) is 0 Å². The number of ether oxygens (including phenoxy) is 1. The zero-order valence-corrected chi connectivity index (χ0v) is 13.5. The Kier molecular flexibility index (Phi) is 6.95. The van der Waals surface area contributed by atoms with Crippen molar-refractivity contribution in [2.24, 2.45) is 11.7 Å². The molecule has 0 radical (unpaired) electrons. The van der Waals surface area contributed by atoms with E-state index in [2.05, 4.69) is 5.32 Å². The normalized spacial score (nSPS) is 19.0. The second-order valence-corrected chi connectivity index (χ2v) is 6.63. The van der Waals surface area contributed by atoms with E-state index in [0.29, 0.717) is 25.4 Å². The zero-order chi connectivity index (χ0) is 15.9. The third-order valence-electron chi connectivity index (χ3n) is 3.40. The first-order chi connectivity index (χ1) is 9.81. The van der Waals surface area contributed by atoms with E-state index in [4.69, 9.17) is 10.5 Å². The van der Waals surface area contributed by atoms with Crippen molar-refractivity contribution in [3.8, 4) is 0 Å². The first-order valence-electron chi connectivity index (χ1n) is 7.76. The lowest BCUT2D eigenvalue weighted by molar-refractivity contribution is -0.127. The number of hydrogen-bond acceptors (Lipinski definition) is 4. The summed E-state index contributed by atoms with van der Waals surface area (Å²) in [6.07, 6.45) is 3.05. The standard InChI is InChI=1S/C15H29N3O3/c1-15(2,3)21-14(20)17-7-5-4-6-8-18-11-12(10-16)9-13(18)19/h12H,4-11,16H2,1-3H3,(H,17,20). The Hall–Kier alpha value is -1.30. The topological polar surface area (TPSA) is 84.7 Å². The molecule has 1 aliphatic heterocycles. The molecule has 6 heteroatoms. The third kappa shape index (κ3) is 7.32. The van der Waals surface area contributed by atoms with Gasteiger partial charge in [0.1, 0.15) is 5.60 Å². The molecule has 0 aromatic carbocycles. The number of nitrogens with zero attached hydrogens (tertiary/aromatic N) is 1. The van der Waals surface area contributed by atoms with Crippen LogP contribution in [-0.2, 0) is 9.53 Å². The number of carbonyl (C=O) groups excluding carboxylic acids is 2. The molecule has 0 bridgehead atoms. The van der Waals surface area contributed by atoms with E-state index in [0.717, 1.165) is 32.4 Å². The predicted molar refractivity (Wildman–Crippen MR) is 81.8 cm³/mol. The number of carbonyl (C=O) groups is 2. The molecule has 0 spiro atoms. The molecule has 0 aromatic rings. The molecule has 0 saturated carbocycles. The fourth-order valence-corrected chi connectivity index (χ4v) is 2.34. The molecule has 2 amide bonds. The molecule has 1 aliphatic rings. The van der Waals surface area contributed by atoms with Crippen LogP contribution < -0.4 is 11.1 Å². The summed E-state index contributed by atoms with van der Waals surface area (Å²) in [5, 5.41) is 2.73. The first-order valence-corrected chi connectivity index (χ1v) is 7.76. The highest BCUT2D eigenvalue weighted by atomic mass is 16.6. The van der Waals surface area contributed by atoms with Crippen molar-refractivity contribution in [3.63, 3.8) is 0 Å². The summed E-state index contributed by atoms with van der Waals surface area (Å²) < 4.78 is 5.15. The van der Waals surface area contributed by atoms with Crippen molar-refractivity contribution >= 4 is 12.0 Å². The van der Waals surface area contributed by atoms with Gasteiger partial charge in [-0.15, -0.1) is 0 Å². The number of unbranched alkanes of at least 4 members (excludes halogenated alkanes) is 2. The van der Waals surface area contributed by atoms with E-state index in [-0.39, 0.29) is 12.0 Å². The minimum Gasteiger partial charge on any atom is -0.444 e. The molecule has 1 unspecified atom stereocenters. The van der Waals surface area contributed by atoms with Crippen LogP contribution in [0, 0.1) is 5.92 Å². The van der Waals surface area contributed by atoms with Crippen LogP contribution >= 0.6 is 0 Å². The van der Waals surface area contributed by atoms with E-state index < -0.39 is 5.60 Å². The van der Waals surface area contributed by atoms with Gasteiger partial charge in [-0.3, -0.25) is 4.79 Å². The predicted octanol–water partition coefficient (Wildman–Crippen LogP) is 1.49. The van der Waals surface area contributed by atoms with Crippen molar-refractivity contribution in [3.05, 3.63) is 0 Å². The van der Waals surface area contributed by atoms with Gasteiger partial charge in [0.2, 0.25) is 5.91 Å². The summed E-state index contributed by atoms with van der Waals surface area (Å²) >= 11 is 0. The van der Waals surface area contributed by atoms with Gasteiger partial charge in [-0.25, -0.2) is 4.79 Å². The number of hydrogen-bond donors (Lipinski definition) is 2. The highest BCUT2D eigenvalue weighted by Gasteiger charge is 2.27. The Balaban J connectivity index is 2.03. The van der Waals surface area contributed by atoms with Gasteiger partial charge in [0.25, 0.3) is 0 Å². The summed E-state index contributed by atoms with van der Waals surface area (Å²) in [5.74, 6) is 0.545. The molecule has 1 saturated heterocycles. The number of rotatable bonds is 7. The van der Waals surface area contributed by atoms with Crippen molar-refractivity contribution in [2.75, 3.05) is 26.2 Å². The molecule has 0 aliphatic carbocycles. The number of nitrogens with two attached hydrogens (primary N) is 1. The van der Waals surface area contributed by atoms with E-state index in [9.17, 15) is 9.59 Å². The second-order valence-electron chi connectivity index (χ2n) is 6.63. The van der Waals surface area contributed by atoms with Gasteiger partial charge < -0.3 is 20.7 Å². The summed E-state index contributed by atoms with van der Waals surface area (Å²) in [5.41, 5.74) is 5.14. The molecule has 1 atom stereocenters. The average Bonchev–Trinajstić information content (AvgIpc) is 2.72. The van der Waals surface area contributed by atoms with E-state index in [1.165, 1.54) is 0 Å². The molecule has 1 rings (SSSR count).